The van der Waals surface area contributed by atoms with E-state index in [1.54, 1.807) is 18.5 Å². The topological polar surface area (TPSA) is 121 Å². The molecule has 1 aromatic heterocycles. The molecule has 0 aliphatic heterocycles. The van der Waals surface area contributed by atoms with Crippen molar-refractivity contribution in [2.75, 3.05) is 12.8 Å². The quantitative estimate of drug-likeness (QED) is 0.769. The molecular weight excluding hydrogens is 268 g/mol. The Kier molecular flexibility index (Phi) is 5.22. The first-order chi connectivity index (χ1) is 8.93. The summed E-state index contributed by atoms with van der Waals surface area (Å²) in [5.74, 6) is 0. The van der Waals surface area contributed by atoms with Crippen molar-refractivity contribution in [3.63, 3.8) is 0 Å². The monoisotopic (exact) mass is 282 g/mol. The summed E-state index contributed by atoms with van der Waals surface area (Å²) in [4.78, 5) is 7.60. The summed E-state index contributed by atoms with van der Waals surface area (Å²) in [7, 11) is -2.04. The first-order valence-electron chi connectivity index (χ1n) is 5.13. The highest BCUT2D eigenvalue weighted by atomic mass is 32.2. The SMILES string of the molecule is COc1ncccn1.Nc1ccc(S(N)(=O)=O)cc1. The molecule has 4 N–H and O–H groups in total. The average molecular weight is 282 g/mol. The average Bonchev–Trinajstić information content (AvgIpc) is 2.40. The summed E-state index contributed by atoms with van der Waals surface area (Å²) in [5, 5.41) is 4.84. The van der Waals surface area contributed by atoms with Crippen molar-refractivity contribution in [1.82, 2.24) is 9.97 Å². The molecule has 0 radical (unpaired) electrons. The third-order valence-electron chi connectivity index (χ3n) is 1.93. The smallest absolute Gasteiger partial charge is 0.315 e. The first-order valence-corrected chi connectivity index (χ1v) is 6.67. The number of anilines is 1. The number of primary sulfonamides is 1. The van der Waals surface area contributed by atoms with Crippen molar-refractivity contribution in [3.8, 4) is 6.01 Å². The molecule has 7 nitrogen and oxygen atoms in total. The lowest BCUT2D eigenvalue weighted by Crippen LogP contribution is -2.11. The molecule has 8 heteroatoms. The molecule has 0 spiro atoms. The van der Waals surface area contributed by atoms with Crippen LogP contribution in [0.15, 0.2) is 47.6 Å². The van der Waals surface area contributed by atoms with E-state index in [4.69, 9.17) is 15.6 Å². The molecule has 19 heavy (non-hydrogen) atoms. The van der Waals surface area contributed by atoms with Crippen molar-refractivity contribution in [2.45, 2.75) is 4.90 Å². The van der Waals surface area contributed by atoms with E-state index in [2.05, 4.69) is 9.97 Å². The number of ether oxygens (including phenoxy) is 1. The van der Waals surface area contributed by atoms with Gasteiger partial charge >= 0.3 is 6.01 Å². The fraction of sp³-hybridized carbons (Fsp3) is 0.0909. The predicted molar refractivity (Wildman–Crippen MR) is 70.8 cm³/mol. The minimum absolute atomic E-state index is 0.0756. The second-order valence-electron chi connectivity index (χ2n) is 3.35. The zero-order chi connectivity index (χ0) is 14.3. The molecule has 0 atom stereocenters. The maximum absolute atomic E-state index is 10.7. The molecule has 1 heterocycles. The highest BCUT2D eigenvalue weighted by molar-refractivity contribution is 7.89. The van der Waals surface area contributed by atoms with Crippen molar-refractivity contribution in [2.24, 2.45) is 5.14 Å². The van der Waals surface area contributed by atoms with E-state index in [1.165, 1.54) is 31.4 Å². The van der Waals surface area contributed by atoms with Crippen LogP contribution >= 0.6 is 0 Å². The summed E-state index contributed by atoms with van der Waals surface area (Å²) in [6.45, 7) is 0. The Labute approximate surface area is 111 Å². The molecule has 2 rings (SSSR count). The van der Waals surface area contributed by atoms with Crippen LogP contribution < -0.4 is 15.6 Å². The van der Waals surface area contributed by atoms with Crippen LogP contribution in [0.25, 0.3) is 0 Å². The first kappa shape index (κ1) is 14.9. The number of nitrogen functional groups attached to an aromatic ring is 1. The van der Waals surface area contributed by atoms with Crippen LogP contribution in [0.3, 0.4) is 0 Å². The number of nitrogens with two attached hydrogens (primary N) is 2. The van der Waals surface area contributed by atoms with Gasteiger partial charge in [-0.05, 0) is 30.3 Å². The molecule has 0 saturated heterocycles. The van der Waals surface area contributed by atoms with Gasteiger partial charge in [-0.2, -0.15) is 0 Å². The van der Waals surface area contributed by atoms with Crippen LogP contribution in [0.4, 0.5) is 5.69 Å². The summed E-state index contributed by atoms with van der Waals surface area (Å²) >= 11 is 0. The Bertz CT molecular complexity index is 600. The van der Waals surface area contributed by atoms with Gasteiger partial charge in [-0.1, -0.05) is 0 Å². The summed E-state index contributed by atoms with van der Waals surface area (Å²) in [6.07, 6.45) is 3.26. The Morgan fingerprint density at radius 2 is 1.63 bits per heavy atom. The van der Waals surface area contributed by atoms with Gasteiger partial charge in [0.05, 0.1) is 12.0 Å². The molecule has 0 aliphatic rings. The highest BCUT2D eigenvalue weighted by Crippen LogP contribution is 2.08. The fourth-order valence-corrected chi connectivity index (χ4v) is 1.56. The molecule has 0 aliphatic carbocycles. The van der Waals surface area contributed by atoms with E-state index in [9.17, 15) is 8.42 Å². The lowest BCUT2D eigenvalue weighted by Gasteiger charge is -1.96. The van der Waals surface area contributed by atoms with Gasteiger partial charge in [-0.3, -0.25) is 0 Å². The Balaban J connectivity index is 0.000000200. The molecule has 2 aromatic rings. The van der Waals surface area contributed by atoms with E-state index in [0.29, 0.717) is 11.7 Å². The standard InChI is InChI=1S/C6H8N2O2S.C5H6N2O/c7-5-1-3-6(4-2-5)11(8,9)10;1-8-5-6-3-2-4-7-5/h1-4H,7H2,(H2,8,9,10);2-4H,1H3. The zero-order valence-corrected chi connectivity index (χ0v) is 11.0. The van der Waals surface area contributed by atoms with E-state index >= 15 is 0 Å². The van der Waals surface area contributed by atoms with Gasteiger partial charge in [-0.15, -0.1) is 0 Å². The van der Waals surface area contributed by atoms with Crippen molar-refractivity contribution < 1.29 is 13.2 Å². The van der Waals surface area contributed by atoms with Gasteiger partial charge in [0.15, 0.2) is 0 Å². The molecule has 0 unspecified atom stereocenters. The summed E-state index contributed by atoms with van der Waals surface area (Å²) in [6, 6.07) is 7.85. The Morgan fingerprint density at radius 1 is 1.11 bits per heavy atom. The normalized spacial score (nSPS) is 10.2. The molecule has 102 valence electrons. The van der Waals surface area contributed by atoms with Crippen molar-refractivity contribution >= 4 is 15.7 Å². The minimum atomic E-state index is -3.58. The number of hydrogen-bond donors (Lipinski definition) is 2. The van der Waals surface area contributed by atoms with Crippen LogP contribution in [0, 0.1) is 0 Å². The Morgan fingerprint density at radius 3 is 2.00 bits per heavy atom. The minimum Gasteiger partial charge on any atom is -0.467 e. The third-order valence-corrected chi connectivity index (χ3v) is 2.86. The van der Waals surface area contributed by atoms with Gasteiger partial charge in [0, 0.05) is 18.1 Å². The molecular formula is C11H14N4O3S. The molecule has 1 aromatic carbocycles. The van der Waals surface area contributed by atoms with Crippen LogP contribution in [0.2, 0.25) is 0 Å². The summed E-state index contributed by atoms with van der Waals surface area (Å²) < 4.78 is 26.1. The highest BCUT2D eigenvalue weighted by Gasteiger charge is 2.04. The maximum atomic E-state index is 10.7. The van der Waals surface area contributed by atoms with E-state index < -0.39 is 10.0 Å². The maximum Gasteiger partial charge on any atom is 0.315 e. The van der Waals surface area contributed by atoms with Gasteiger partial charge in [0.2, 0.25) is 10.0 Å². The lowest BCUT2D eigenvalue weighted by atomic mass is 10.3. The van der Waals surface area contributed by atoms with Crippen molar-refractivity contribution in [1.29, 1.82) is 0 Å². The number of hydrogen-bond acceptors (Lipinski definition) is 6. The number of aromatic nitrogens is 2. The zero-order valence-electron chi connectivity index (χ0n) is 10.2. The van der Waals surface area contributed by atoms with E-state index in [-0.39, 0.29) is 4.90 Å². The Hall–Kier alpha value is -2.19. The van der Waals surface area contributed by atoms with Gasteiger partial charge < -0.3 is 10.5 Å². The summed E-state index contributed by atoms with van der Waals surface area (Å²) in [5.41, 5.74) is 5.85. The third kappa shape index (κ3) is 5.32. The van der Waals surface area contributed by atoms with Gasteiger partial charge in [0.25, 0.3) is 0 Å². The molecule has 0 fully saturated rings. The molecule has 0 saturated carbocycles. The van der Waals surface area contributed by atoms with Crippen LogP contribution in [0.5, 0.6) is 6.01 Å². The second-order valence-corrected chi connectivity index (χ2v) is 4.91. The number of sulfonamides is 1. The lowest BCUT2D eigenvalue weighted by molar-refractivity contribution is 0.379. The largest absolute Gasteiger partial charge is 0.467 e. The number of rotatable bonds is 2. The van der Waals surface area contributed by atoms with Gasteiger partial charge in [-0.25, -0.2) is 23.5 Å². The van der Waals surface area contributed by atoms with Gasteiger partial charge in [0.1, 0.15) is 0 Å². The van der Waals surface area contributed by atoms with E-state index in [1.807, 2.05) is 0 Å². The fourth-order valence-electron chi connectivity index (χ4n) is 1.05. The number of methoxy groups -OCH3 is 1. The predicted octanol–water partition coefficient (Wildman–Crippen LogP) is 0.401. The van der Waals surface area contributed by atoms with E-state index in [0.717, 1.165) is 0 Å². The van der Waals surface area contributed by atoms with Crippen LogP contribution in [0.1, 0.15) is 0 Å². The second kappa shape index (κ2) is 6.66. The van der Waals surface area contributed by atoms with Crippen molar-refractivity contribution in [3.05, 3.63) is 42.7 Å². The van der Waals surface area contributed by atoms with Crippen LogP contribution in [-0.2, 0) is 10.0 Å². The molecule has 0 amide bonds. The number of nitrogens with zero attached hydrogens (tertiary/aromatic N) is 2. The van der Waals surface area contributed by atoms with Crippen LogP contribution in [-0.4, -0.2) is 25.5 Å². The number of benzene rings is 1. The molecule has 0 bridgehead atoms.